The van der Waals surface area contributed by atoms with Crippen molar-refractivity contribution >= 4 is 23.5 Å². The minimum atomic E-state index is 0.615. The van der Waals surface area contributed by atoms with Crippen LogP contribution in [0.1, 0.15) is 18.5 Å². The van der Waals surface area contributed by atoms with Crippen LogP contribution in [-0.2, 0) is 0 Å². The van der Waals surface area contributed by atoms with E-state index < -0.39 is 0 Å². The van der Waals surface area contributed by atoms with Crippen LogP contribution in [0.4, 0.5) is 5.95 Å². The van der Waals surface area contributed by atoms with Crippen molar-refractivity contribution in [3.05, 3.63) is 24.2 Å². The molecule has 4 heterocycles. The van der Waals surface area contributed by atoms with Crippen LogP contribution in [-0.4, -0.2) is 48.9 Å². The molecular weight excluding hydrogens is 310 g/mol. The van der Waals surface area contributed by atoms with E-state index in [0.29, 0.717) is 5.78 Å². The number of nitrogens with zero attached hydrogens (tertiary/aromatic N) is 7. The van der Waals surface area contributed by atoms with Crippen LogP contribution in [0.5, 0.6) is 0 Å². The molecule has 4 rings (SSSR count). The van der Waals surface area contributed by atoms with Crippen molar-refractivity contribution in [2.24, 2.45) is 0 Å². The molecule has 0 amide bonds. The minimum absolute atomic E-state index is 0.615. The predicted octanol–water partition coefficient (Wildman–Crippen LogP) is 2.21. The molecule has 0 atom stereocenters. The van der Waals surface area contributed by atoms with E-state index in [-0.39, 0.29) is 0 Å². The van der Waals surface area contributed by atoms with Gasteiger partial charge in [0.15, 0.2) is 0 Å². The monoisotopic (exact) mass is 327 g/mol. The Kier molecular flexibility index (Phi) is 3.60. The van der Waals surface area contributed by atoms with Gasteiger partial charge in [0.25, 0.3) is 5.78 Å². The summed E-state index contributed by atoms with van der Waals surface area (Å²) < 4.78 is 1.78. The largest absolute Gasteiger partial charge is 0.341 e. The molecule has 0 bridgehead atoms. The molecule has 1 saturated heterocycles. The zero-order chi connectivity index (χ0) is 15.8. The molecule has 118 valence electrons. The molecule has 0 aromatic carbocycles. The third-order valence-corrected chi connectivity index (χ3v) is 4.62. The van der Waals surface area contributed by atoms with Gasteiger partial charge >= 0.3 is 0 Å². The topological polar surface area (TPSA) is 72.1 Å². The molecule has 0 radical (unpaired) electrons. The second-order valence-corrected chi connectivity index (χ2v) is 6.28. The van der Waals surface area contributed by atoms with Crippen molar-refractivity contribution in [3.63, 3.8) is 0 Å². The summed E-state index contributed by atoms with van der Waals surface area (Å²) in [5.74, 6) is 1.41. The lowest BCUT2D eigenvalue weighted by atomic mass is 10.2. The van der Waals surface area contributed by atoms with Crippen LogP contribution in [0.15, 0.2) is 23.6 Å². The van der Waals surface area contributed by atoms with Crippen molar-refractivity contribution in [1.82, 2.24) is 29.5 Å². The summed E-state index contributed by atoms with van der Waals surface area (Å²) in [5.41, 5.74) is 2.81. The van der Waals surface area contributed by atoms with Crippen molar-refractivity contribution < 1.29 is 0 Å². The molecule has 3 aromatic heterocycles. The van der Waals surface area contributed by atoms with Crippen LogP contribution in [0.25, 0.3) is 17.0 Å². The van der Waals surface area contributed by atoms with Crippen LogP contribution in [0.2, 0.25) is 0 Å². The van der Waals surface area contributed by atoms with E-state index in [9.17, 15) is 0 Å². The molecule has 1 fully saturated rings. The summed E-state index contributed by atoms with van der Waals surface area (Å²) in [6.45, 7) is 4.07. The third kappa shape index (κ3) is 2.52. The first-order valence-corrected chi connectivity index (χ1v) is 8.83. The SMILES string of the molecule is CSc1nc2ncc(-c3ccnc(N4CCCC4)n3)c(C)n2n1. The van der Waals surface area contributed by atoms with Gasteiger partial charge in [0.2, 0.25) is 11.1 Å². The Labute approximate surface area is 138 Å². The van der Waals surface area contributed by atoms with Crippen LogP contribution in [0.3, 0.4) is 0 Å². The lowest BCUT2D eigenvalue weighted by molar-refractivity contribution is 0.848. The fourth-order valence-corrected chi connectivity index (χ4v) is 3.17. The standard InChI is InChI=1S/C15H17N7S/c1-10-11(9-17-14-19-15(23-2)20-22(10)14)12-5-6-16-13(18-12)21-7-3-4-8-21/h5-6,9H,3-4,7-8H2,1-2H3. The second-order valence-electron chi connectivity index (χ2n) is 5.50. The minimum Gasteiger partial charge on any atom is -0.341 e. The fraction of sp³-hybridized carbons (Fsp3) is 0.400. The maximum atomic E-state index is 4.73. The van der Waals surface area contributed by atoms with Gasteiger partial charge in [-0.15, -0.1) is 5.10 Å². The highest BCUT2D eigenvalue weighted by Gasteiger charge is 2.17. The number of aryl methyl sites for hydroxylation is 1. The first-order chi connectivity index (χ1) is 11.3. The highest BCUT2D eigenvalue weighted by Crippen LogP contribution is 2.24. The first kappa shape index (κ1) is 14.4. The van der Waals surface area contributed by atoms with E-state index in [4.69, 9.17) is 4.98 Å². The van der Waals surface area contributed by atoms with Crippen LogP contribution in [0, 0.1) is 6.92 Å². The molecule has 3 aromatic rings. The van der Waals surface area contributed by atoms with Crippen molar-refractivity contribution in [1.29, 1.82) is 0 Å². The molecule has 8 heteroatoms. The van der Waals surface area contributed by atoms with Gasteiger partial charge in [-0.1, -0.05) is 11.8 Å². The molecular formula is C15H17N7S. The maximum Gasteiger partial charge on any atom is 0.253 e. The Hall–Kier alpha value is -2.22. The Balaban J connectivity index is 1.79. The van der Waals surface area contributed by atoms with Gasteiger partial charge in [0.1, 0.15) is 0 Å². The average Bonchev–Trinajstić information content (AvgIpc) is 3.25. The quantitative estimate of drug-likeness (QED) is 0.683. The summed E-state index contributed by atoms with van der Waals surface area (Å²) in [7, 11) is 0. The van der Waals surface area contributed by atoms with E-state index >= 15 is 0 Å². The van der Waals surface area contributed by atoms with E-state index in [1.165, 1.54) is 24.6 Å². The Morgan fingerprint density at radius 2 is 1.96 bits per heavy atom. The lowest BCUT2D eigenvalue weighted by Crippen LogP contribution is -2.20. The third-order valence-electron chi connectivity index (χ3n) is 4.08. The second kappa shape index (κ2) is 5.77. The van der Waals surface area contributed by atoms with Gasteiger partial charge in [-0.05, 0) is 32.1 Å². The van der Waals surface area contributed by atoms with E-state index in [1.807, 2.05) is 31.6 Å². The summed E-state index contributed by atoms with van der Waals surface area (Å²) in [4.78, 5) is 20.2. The molecule has 7 nitrogen and oxygen atoms in total. The number of fused-ring (bicyclic) bond motifs is 1. The summed E-state index contributed by atoms with van der Waals surface area (Å²) >= 11 is 1.51. The van der Waals surface area contributed by atoms with Gasteiger partial charge in [-0.3, -0.25) is 0 Å². The van der Waals surface area contributed by atoms with E-state index in [1.54, 1.807) is 4.52 Å². The lowest BCUT2D eigenvalue weighted by Gasteiger charge is -2.15. The molecule has 0 N–H and O–H groups in total. The van der Waals surface area contributed by atoms with Gasteiger partial charge < -0.3 is 4.90 Å². The van der Waals surface area contributed by atoms with Crippen LogP contribution >= 0.6 is 11.8 Å². The van der Waals surface area contributed by atoms with Gasteiger partial charge in [-0.2, -0.15) is 9.50 Å². The highest BCUT2D eigenvalue weighted by atomic mass is 32.2. The molecule has 1 aliphatic heterocycles. The Bertz CT molecular complexity index is 854. The maximum absolute atomic E-state index is 4.73. The van der Waals surface area contributed by atoms with Gasteiger partial charge in [-0.25, -0.2) is 15.0 Å². The number of thioether (sulfide) groups is 1. The van der Waals surface area contributed by atoms with Gasteiger partial charge in [0.05, 0.1) is 11.4 Å². The Morgan fingerprint density at radius 1 is 1.13 bits per heavy atom. The summed E-state index contributed by atoms with van der Waals surface area (Å²) in [6, 6.07) is 1.92. The zero-order valence-corrected chi connectivity index (χ0v) is 13.9. The molecule has 1 aliphatic rings. The molecule has 0 spiro atoms. The van der Waals surface area contributed by atoms with Gasteiger partial charge in [0, 0.05) is 31.0 Å². The number of rotatable bonds is 3. The van der Waals surface area contributed by atoms with E-state index in [2.05, 4.69) is 25.0 Å². The molecule has 0 aliphatic carbocycles. The van der Waals surface area contributed by atoms with Crippen LogP contribution < -0.4 is 4.90 Å². The predicted molar refractivity (Wildman–Crippen MR) is 89.8 cm³/mol. The Morgan fingerprint density at radius 3 is 2.74 bits per heavy atom. The van der Waals surface area contributed by atoms with Crippen molar-refractivity contribution in [2.75, 3.05) is 24.2 Å². The highest BCUT2D eigenvalue weighted by molar-refractivity contribution is 7.98. The zero-order valence-electron chi connectivity index (χ0n) is 13.1. The summed E-state index contributed by atoms with van der Waals surface area (Å²) in [5, 5.41) is 5.19. The normalized spacial score (nSPS) is 14.8. The first-order valence-electron chi connectivity index (χ1n) is 7.61. The van der Waals surface area contributed by atoms with E-state index in [0.717, 1.165) is 41.1 Å². The van der Waals surface area contributed by atoms with Crippen molar-refractivity contribution in [3.8, 4) is 11.3 Å². The van der Waals surface area contributed by atoms with Crippen molar-refractivity contribution in [2.45, 2.75) is 24.9 Å². The molecule has 0 saturated carbocycles. The number of aromatic nitrogens is 6. The number of anilines is 1. The summed E-state index contributed by atoms with van der Waals surface area (Å²) in [6.07, 6.45) is 8.00. The smallest absolute Gasteiger partial charge is 0.253 e. The number of hydrogen-bond donors (Lipinski definition) is 0. The average molecular weight is 327 g/mol. The molecule has 0 unspecified atom stereocenters. The number of hydrogen-bond acceptors (Lipinski definition) is 7. The fourth-order valence-electron chi connectivity index (χ4n) is 2.83. The molecule has 23 heavy (non-hydrogen) atoms.